The van der Waals surface area contributed by atoms with E-state index in [0.717, 1.165) is 12.1 Å². The van der Waals surface area contributed by atoms with Gasteiger partial charge in [-0.15, -0.1) is 0 Å². The van der Waals surface area contributed by atoms with Gasteiger partial charge < -0.3 is 5.73 Å². The van der Waals surface area contributed by atoms with Gasteiger partial charge in [-0.3, -0.25) is 0 Å². The molecule has 0 bridgehead atoms. The van der Waals surface area contributed by atoms with E-state index in [1.807, 2.05) is 0 Å². The Morgan fingerprint density at radius 1 is 1.25 bits per heavy atom. The molecule has 1 aliphatic carbocycles. The number of rotatable bonds is 3. The molecular formula is C9H10F2N2O2S. The van der Waals surface area contributed by atoms with Crippen LogP contribution in [0.1, 0.15) is 6.42 Å². The average molecular weight is 248 g/mol. The Balaban J connectivity index is 2.28. The third kappa shape index (κ3) is 2.37. The number of benzene rings is 1. The van der Waals surface area contributed by atoms with Gasteiger partial charge in [-0.25, -0.2) is 21.9 Å². The molecule has 4 nitrogen and oxygen atoms in total. The summed E-state index contributed by atoms with van der Waals surface area (Å²) >= 11 is 0. The van der Waals surface area contributed by atoms with Gasteiger partial charge in [0.1, 0.15) is 11.6 Å². The lowest BCUT2D eigenvalue weighted by Gasteiger charge is -2.05. The van der Waals surface area contributed by atoms with Crippen LogP contribution in [0.15, 0.2) is 23.1 Å². The van der Waals surface area contributed by atoms with E-state index < -0.39 is 26.6 Å². The van der Waals surface area contributed by atoms with Crippen LogP contribution in [0.5, 0.6) is 0 Å². The first-order valence-corrected chi connectivity index (χ1v) is 6.11. The van der Waals surface area contributed by atoms with Crippen LogP contribution in [0.3, 0.4) is 0 Å². The fourth-order valence-electron chi connectivity index (χ4n) is 1.30. The van der Waals surface area contributed by atoms with Crippen molar-refractivity contribution in [3.8, 4) is 0 Å². The molecule has 0 amide bonds. The van der Waals surface area contributed by atoms with Gasteiger partial charge in [-0.05, 0) is 18.6 Å². The number of hydrogen-bond acceptors (Lipinski definition) is 3. The minimum atomic E-state index is -3.88. The zero-order valence-electron chi connectivity index (χ0n) is 8.15. The summed E-state index contributed by atoms with van der Waals surface area (Å²) in [5.41, 5.74) is 5.44. The summed E-state index contributed by atoms with van der Waals surface area (Å²) in [5, 5.41) is 0. The molecule has 1 saturated carbocycles. The molecule has 88 valence electrons. The average Bonchev–Trinajstić information content (AvgIpc) is 2.78. The predicted octanol–water partition coefficient (Wildman–Crippen LogP) is 0.343. The standard InChI is InChI=1S/C9H10F2N2O2S/c10-5-1-6(11)3-7(2-5)16(14,15)13-9-4-8(9)12/h1-3,8-9,13H,4,12H2. The maximum atomic E-state index is 12.8. The monoisotopic (exact) mass is 248 g/mol. The van der Waals surface area contributed by atoms with Crippen molar-refractivity contribution in [2.75, 3.05) is 0 Å². The maximum Gasteiger partial charge on any atom is 0.241 e. The third-order valence-corrected chi connectivity index (χ3v) is 3.76. The molecule has 0 aromatic heterocycles. The predicted molar refractivity (Wildman–Crippen MR) is 53.1 cm³/mol. The first kappa shape index (κ1) is 11.4. The highest BCUT2D eigenvalue weighted by Crippen LogP contribution is 2.22. The third-order valence-electron chi connectivity index (χ3n) is 2.29. The van der Waals surface area contributed by atoms with Crippen LogP contribution >= 0.6 is 0 Å². The van der Waals surface area contributed by atoms with Crippen molar-refractivity contribution in [1.82, 2.24) is 4.72 Å². The molecule has 16 heavy (non-hydrogen) atoms. The first-order valence-electron chi connectivity index (χ1n) is 4.62. The maximum absolute atomic E-state index is 12.8. The van der Waals surface area contributed by atoms with Crippen LogP contribution in [-0.4, -0.2) is 20.5 Å². The molecule has 2 rings (SSSR count). The molecule has 1 aliphatic rings. The Morgan fingerprint density at radius 2 is 1.75 bits per heavy atom. The van der Waals surface area contributed by atoms with Crippen LogP contribution in [0.2, 0.25) is 0 Å². The van der Waals surface area contributed by atoms with Crippen LogP contribution in [-0.2, 0) is 10.0 Å². The summed E-state index contributed by atoms with van der Waals surface area (Å²) in [4.78, 5) is -0.427. The van der Waals surface area contributed by atoms with Crippen molar-refractivity contribution < 1.29 is 17.2 Å². The molecule has 3 N–H and O–H groups in total. The Hall–Kier alpha value is -1.05. The molecular weight excluding hydrogens is 238 g/mol. The zero-order valence-corrected chi connectivity index (χ0v) is 8.97. The van der Waals surface area contributed by atoms with Gasteiger partial charge in [-0.1, -0.05) is 0 Å². The summed E-state index contributed by atoms with van der Waals surface area (Å²) < 4.78 is 51.2. The van der Waals surface area contributed by atoms with Crippen molar-refractivity contribution in [3.63, 3.8) is 0 Å². The van der Waals surface area contributed by atoms with Crippen LogP contribution in [0, 0.1) is 11.6 Å². The quantitative estimate of drug-likeness (QED) is 0.810. The Kier molecular flexibility index (Phi) is 2.69. The molecule has 2 unspecified atom stereocenters. The van der Waals surface area contributed by atoms with E-state index in [-0.39, 0.29) is 12.1 Å². The van der Waals surface area contributed by atoms with E-state index in [9.17, 15) is 17.2 Å². The van der Waals surface area contributed by atoms with Crippen molar-refractivity contribution >= 4 is 10.0 Å². The lowest BCUT2D eigenvalue weighted by molar-refractivity contribution is 0.560. The minimum Gasteiger partial charge on any atom is -0.326 e. The first-order chi connectivity index (χ1) is 7.38. The van der Waals surface area contributed by atoms with E-state index in [0.29, 0.717) is 12.5 Å². The number of halogens is 2. The van der Waals surface area contributed by atoms with Crippen molar-refractivity contribution in [2.45, 2.75) is 23.4 Å². The molecule has 1 aromatic rings. The SMILES string of the molecule is NC1CC1NS(=O)(=O)c1cc(F)cc(F)c1. The van der Waals surface area contributed by atoms with Crippen LogP contribution in [0.25, 0.3) is 0 Å². The highest BCUT2D eigenvalue weighted by molar-refractivity contribution is 7.89. The van der Waals surface area contributed by atoms with Gasteiger partial charge in [0.25, 0.3) is 0 Å². The minimum absolute atomic E-state index is 0.215. The molecule has 2 atom stereocenters. The van der Waals surface area contributed by atoms with E-state index in [1.165, 1.54) is 0 Å². The second-order valence-electron chi connectivity index (χ2n) is 3.73. The highest BCUT2D eigenvalue weighted by Gasteiger charge is 2.37. The lowest BCUT2D eigenvalue weighted by atomic mass is 10.3. The second-order valence-corrected chi connectivity index (χ2v) is 5.45. The highest BCUT2D eigenvalue weighted by atomic mass is 32.2. The van der Waals surface area contributed by atoms with Gasteiger partial charge in [-0.2, -0.15) is 0 Å². The summed E-state index contributed by atoms with van der Waals surface area (Å²) in [7, 11) is -3.88. The topological polar surface area (TPSA) is 72.2 Å². The molecule has 7 heteroatoms. The molecule has 0 spiro atoms. The number of hydrogen-bond donors (Lipinski definition) is 2. The van der Waals surface area contributed by atoms with E-state index in [4.69, 9.17) is 5.73 Å². The zero-order chi connectivity index (χ0) is 11.9. The largest absolute Gasteiger partial charge is 0.326 e. The fourth-order valence-corrected chi connectivity index (χ4v) is 2.64. The van der Waals surface area contributed by atoms with Crippen LogP contribution < -0.4 is 10.5 Å². The molecule has 1 aromatic carbocycles. The Morgan fingerprint density at radius 3 is 2.19 bits per heavy atom. The van der Waals surface area contributed by atoms with Gasteiger partial charge in [0, 0.05) is 18.2 Å². The Bertz CT molecular complexity index is 498. The fraction of sp³-hybridized carbons (Fsp3) is 0.333. The molecule has 1 fully saturated rings. The van der Waals surface area contributed by atoms with Gasteiger partial charge >= 0.3 is 0 Å². The van der Waals surface area contributed by atoms with Crippen molar-refractivity contribution in [2.24, 2.45) is 5.73 Å². The number of sulfonamides is 1. The van der Waals surface area contributed by atoms with Gasteiger partial charge in [0.05, 0.1) is 4.90 Å². The summed E-state index contributed by atoms with van der Waals surface area (Å²) in [5.74, 6) is -1.86. The number of nitrogens with two attached hydrogens (primary N) is 1. The number of nitrogens with one attached hydrogen (secondary N) is 1. The van der Waals surface area contributed by atoms with Crippen molar-refractivity contribution in [3.05, 3.63) is 29.8 Å². The molecule has 0 aliphatic heterocycles. The van der Waals surface area contributed by atoms with Crippen molar-refractivity contribution in [1.29, 1.82) is 0 Å². The second kappa shape index (κ2) is 3.76. The molecule has 0 heterocycles. The van der Waals surface area contributed by atoms with Crippen LogP contribution in [0.4, 0.5) is 8.78 Å². The van der Waals surface area contributed by atoms with Gasteiger partial charge in [0.2, 0.25) is 10.0 Å². The smallest absolute Gasteiger partial charge is 0.241 e. The van der Waals surface area contributed by atoms with E-state index in [2.05, 4.69) is 4.72 Å². The summed E-state index contributed by atoms with van der Waals surface area (Å²) in [6.07, 6.45) is 0.539. The van der Waals surface area contributed by atoms with E-state index >= 15 is 0 Å². The summed E-state index contributed by atoms with van der Waals surface area (Å²) in [6.45, 7) is 0. The van der Waals surface area contributed by atoms with Gasteiger partial charge in [0.15, 0.2) is 0 Å². The van der Waals surface area contributed by atoms with E-state index in [1.54, 1.807) is 0 Å². The summed E-state index contributed by atoms with van der Waals surface area (Å²) in [6, 6.07) is 1.59. The molecule has 0 saturated heterocycles. The Labute approximate surface area is 91.5 Å². The molecule has 0 radical (unpaired) electrons. The normalized spacial score (nSPS) is 24.4. The lowest BCUT2D eigenvalue weighted by Crippen LogP contribution is -2.29.